The molecule has 0 radical (unpaired) electrons. The fraction of sp³-hybridized carbons (Fsp3) is 0.278. The molecule has 2 aliphatic rings. The second-order valence-electron chi connectivity index (χ2n) is 6.32. The summed E-state index contributed by atoms with van der Waals surface area (Å²) in [6.07, 6.45) is 2.68. The van der Waals surface area contributed by atoms with Crippen LogP contribution in [0, 0.1) is 11.7 Å². The Kier molecular flexibility index (Phi) is 4.04. The summed E-state index contributed by atoms with van der Waals surface area (Å²) in [6, 6.07) is 11.6. The first-order valence-electron chi connectivity index (χ1n) is 8.10. The summed E-state index contributed by atoms with van der Waals surface area (Å²) < 4.78 is 40.8. The zero-order valence-electron chi connectivity index (χ0n) is 13.3. The maximum Gasteiger partial charge on any atom is 0.279 e. The van der Waals surface area contributed by atoms with Crippen molar-refractivity contribution in [2.75, 3.05) is 0 Å². The maximum atomic E-state index is 13.3. The van der Waals surface area contributed by atoms with Crippen molar-refractivity contribution < 1.29 is 12.8 Å². The van der Waals surface area contributed by atoms with Crippen molar-refractivity contribution in [2.24, 2.45) is 11.0 Å². The molecule has 0 amide bonds. The van der Waals surface area contributed by atoms with Gasteiger partial charge in [-0.2, -0.15) is 17.9 Å². The molecule has 0 bridgehead atoms. The molecule has 7 heteroatoms. The van der Waals surface area contributed by atoms with E-state index in [1.54, 1.807) is 24.3 Å². The number of benzene rings is 2. The Morgan fingerprint density at radius 3 is 2.44 bits per heavy atom. The molecule has 25 heavy (non-hydrogen) atoms. The molecule has 0 aromatic heterocycles. The predicted molar refractivity (Wildman–Crippen MR) is 94.4 cm³/mol. The van der Waals surface area contributed by atoms with Gasteiger partial charge in [-0.25, -0.2) is 4.39 Å². The topological polar surface area (TPSA) is 49.7 Å². The third-order valence-electron chi connectivity index (χ3n) is 4.79. The first-order chi connectivity index (χ1) is 12.0. The van der Waals surface area contributed by atoms with Gasteiger partial charge in [-0.15, -0.1) is 0 Å². The van der Waals surface area contributed by atoms with Crippen molar-refractivity contribution in [3.05, 3.63) is 64.9 Å². The fourth-order valence-electron chi connectivity index (χ4n) is 3.60. The van der Waals surface area contributed by atoms with E-state index in [0.29, 0.717) is 5.02 Å². The van der Waals surface area contributed by atoms with Crippen molar-refractivity contribution in [3.63, 3.8) is 0 Å². The average molecular weight is 379 g/mol. The lowest BCUT2D eigenvalue weighted by Gasteiger charge is -2.27. The van der Waals surface area contributed by atoms with Crippen LogP contribution in [-0.2, 0) is 10.0 Å². The highest BCUT2D eigenvalue weighted by molar-refractivity contribution is 7.89. The minimum Gasteiger partial charge on any atom is -0.207 e. The number of rotatable bonds is 3. The lowest BCUT2D eigenvalue weighted by Crippen LogP contribution is -2.30. The van der Waals surface area contributed by atoms with E-state index in [-0.39, 0.29) is 16.6 Å². The van der Waals surface area contributed by atoms with Crippen LogP contribution in [0.3, 0.4) is 0 Å². The molecule has 1 saturated carbocycles. The summed E-state index contributed by atoms with van der Waals surface area (Å²) in [6.45, 7) is 0. The molecule has 0 spiro atoms. The van der Waals surface area contributed by atoms with Crippen LogP contribution in [0.15, 0.2) is 58.5 Å². The molecule has 0 saturated heterocycles. The molecular weight excluding hydrogens is 363 g/mol. The van der Waals surface area contributed by atoms with Crippen LogP contribution in [0.2, 0.25) is 5.02 Å². The van der Waals surface area contributed by atoms with Crippen LogP contribution in [0.5, 0.6) is 0 Å². The smallest absolute Gasteiger partial charge is 0.207 e. The van der Waals surface area contributed by atoms with Gasteiger partial charge in [0.1, 0.15) is 5.82 Å². The summed E-state index contributed by atoms with van der Waals surface area (Å²) >= 11 is 5.87. The minimum atomic E-state index is -3.81. The van der Waals surface area contributed by atoms with Crippen molar-refractivity contribution in [3.8, 4) is 0 Å². The van der Waals surface area contributed by atoms with Gasteiger partial charge in [-0.1, -0.05) is 23.7 Å². The second kappa shape index (κ2) is 6.11. The van der Waals surface area contributed by atoms with Crippen LogP contribution < -0.4 is 0 Å². The normalized spacial score (nSPS) is 22.8. The number of hydrazone groups is 1. The lowest BCUT2D eigenvalue weighted by molar-refractivity contribution is 0.317. The molecular formula is C18H16ClFN2O2S. The number of halogens is 2. The van der Waals surface area contributed by atoms with Crippen molar-refractivity contribution in [2.45, 2.75) is 30.2 Å². The van der Waals surface area contributed by atoms with Gasteiger partial charge < -0.3 is 0 Å². The number of sulfonamides is 1. The van der Waals surface area contributed by atoms with Gasteiger partial charge in [0.05, 0.1) is 10.9 Å². The zero-order valence-corrected chi connectivity index (χ0v) is 14.8. The number of hydrogen-bond acceptors (Lipinski definition) is 3. The van der Waals surface area contributed by atoms with Gasteiger partial charge in [-0.3, -0.25) is 0 Å². The standard InChI is InChI=1S/C18H16ClFN2O2S/c19-13-6-10-15(11-7-13)25(23,24)22-18(12-4-8-14(20)9-5-12)16-2-1-3-17(16)21-22/h4-11,16,18H,1-3H2. The van der Waals surface area contributed by atoms with Crippen LogP contribution in [0.4, 0.5) is 4.39 Å². The van der Waals surface area contributed by atoms with E-state index in [1.165, 1.54) is 28.7 Å². The minimum absolute atomic E-state index is 0.0486. The lowest BCUT2D eigenvalue weighted by atomic mass is 9.92. The summed E-state index contributed by atoms with van der Waals surface area (Å²) in [4.78, 5) is 0.147. The molecule has 1 aliphatic heterocycles. The molecule has 1 aliphatic carbocycles. The predicted octanol–water partition coefficient (Wildman–Crippen LogP) is 4.38. The van der Waals surface area contributed by atoms with E-state index < -0.39 is 16.1 Å². The summed E-state index contributed by atoms with van der Waals surface area (Å²) in [7, 11) is -3.81. The van der Waals surface area contributed by atoms with E-state index in [0.717, 1.165) is 30.5 Å². The Morgan fingerprint density at radius 2 is 1.76 bits per heavy atom. The van der Waals surface area contributed by atoms with Crippen molar-refractivity contribution in [1.29, 1.82) is 0 Å². The molecule has 2 aromatic rings. The molecule has 4 nitrogen and oxygen atoms in total. The average Bonchev–Trinajstić information content (AvgIpc) is 3.17. The first kappa shape index (κ1) is 16.5. The van der Waals surface area contributed by atoms with Gasteiger partial charge in [0, 0.05) is 16.7 Å². The Morgan fingerprint density at radius 1 is 1.08 bits per heavy atom. The molecule has 1 heterocycles. The molecule has 130 valence electrons. The maximum absolute atomic E-state index is 13.3. The SMILES string of the molecule is O=S(=O)(c1ccc(Cl)cc1)N1N=C2CCCC2C1c1ccc(F)cc1. The van der Waals surface area contributed by atoms with Gasteiger partial charge >= 0.3 is 0 Å². The zero-order chi connectivity index (χ0) is 17.6. The van der Waals surface area contributed by atoms with Crippen LogP contribution in [-0.4, -0.2) is 18.5 Å². The number of hydrogen-bond donors (Lipinski definition) is 0. The number of fused-ring (bicyclic) bond motifs is 1. The van der Waals surface area contributed by atoms with Crippen LogP contribution in [0.25, 0.3) is 0 Å². The summed E-state index contributed by atoms with van der Waals surface area (Å²) in [5.41, 5.74) is 1.66. The van der Waals surface area contributed by atoms with Gasteiger partial charge in [0.15, 0.2) is 0 Å². The monoisotopic (exact) mass is 378 g/mol. The highest BCUT2D eigenvalue weighted by Crippen LogP contribution is 2.45. The largest absolute Gasteiger partial charge is 0.279 e. The molecule has 0 N–H and O–H groups in total. The molecule has 2 aromatic carbocycles. The molecule has 2 unspecified atom stereocenters. The molecule has 1 fully saturated rings. The Labute approximate surface area is 151 Å². The highest BCUT2D eigenvalue weighted by atomic mass is 35.5. The second-order valence-corrected chi connectivity index (χ2v) is 8.55. The summed E-state index contributed by atoms with van der Waals surface area (Å²) in [5.74, 6) is -0.297. The van der Waals surface area contributed by atoms with Gasteiger partial charge in [-0.05, 0) is 61.2 Å². The van der Waals surface area contributed by atoms with E-state index in [1.807, 2.05) is 0 Å². The third kappa shape index (κ3) is 2.83. The van der Waals surface area contributed by atoms with E-state index in [9.17, 15) is 12.8 Å². The van der Waals surface area contributed by atoms with Crippen LogP contribution >= 0.6 is 11.6 Å². The van der Waals surface area contributed by atoms with Crippen LogP contribution in [0.1, 0.15) is 30.9 Å². The quantitative estimate of drug-likeness (QED) is 0.795. The Balaban J connectivity index is 1.79. The molecule has 2 atom stereocenters. The van der Waals surface area contributed by atoms with Crippen molar-refractivity contribution >= 4 is 27.3 Å². The molecule has 4 rings (SSSR count). The van der Waals surface area contributed by atoms with Crippen molar-refractivity contribution in [1.82, 2.24) is 4.41 Å². The van der Waals surface area contributed by atoms with Gasteiger partial charge in [0.2, 0.25) is 0 Å². The highest BCUT2D eigenvalue weighted by Gasteiger charge is 2.45. The van der Waals surface area contributed by atoms with E-state index in [2.05, 4.69) is 5.10 Å². The summed E-state index contributed by atoms with van der Waals surface area (Å²) in [5, 5.41) is 4.91. The third-order valence-corrected chi connectivity index (χ3v) is 6.71. The van der Waals surface area contributed by atoms with E-state index >= 15 is 0 Å². The Bertz CT molecular complexity index is 927. The first-order valence-corrected chi connectivity index (χ1v) is 9.91. The van der Waals surface area contributed by atoms with Gasteiger partial charge in [0.25, 0.3) is 10.0 Å². The Hall–Kier alpha value is -1.92. The van der Waals surface area contributed by atoms with E-state index in [4.69, 9.17) is 11.6 Å². The number of nitrogens with zero attached hydrogens (tertiary/aromatic N) is 2. The fourth-order valence-corrected chi connectivity index (χ4v) is 5.20.